The summed E-state index contributed by atoms with van der Waals surface area (Å²) < 4.78 is 34.3. The zero-order valence-corrected chi connectivity index (χ0v) is 20.2. The fraction of sp³-hybridized carbons (Fsp3) is 0.407. The van der Waals surface area contributed by atoms with E-state index < -0.39 is 11.6 Å². The van der Waals surface area contributed by atoms with E-state index in [0.717, 1.165) is 49.6 Å². The zero-order chi connectivity index (χ0) is 25.2. The summed E-state index contributed by atoms with van der Waals surface area (Å²) in [5, 5.41) is 13.3. The number of carbonyl (C=O) groups is 1. The highest BCUT2D eigenvalue weighted by molar-refractivity contribution is 5.97. The van der Waals surface area contributed by atoms with E-state index in [0.29, 0.717) is 42.0 Å². The van der Waals surface area contributed by atoms with Gasteiger partial charge in [0.1, 0.15) is 23.0 Å². The Morgan fingerprint density at radius 2 is 2.06 bits per heavy atom. The number of hydrogen-bond donors (Lipinski definition) is 3. The molecule has 1 aromatic carbocycles. The lowest BCUT2D eigenvalue weighted by atomic mass is 9.93. The van der Waals surface area contributed by atoms with E-state index in [9.17, 15) is 18.7 Å². The molecule has 0 radical (unpaired) electrons. The molecule has 0 bridgehead atoms. The summed E-state index contributed by atoms with van der Waals surface area (Å²) in [4.78, 5) is 22.0. The quantitative estimate of drug-likeness (QED) is 0.480. The molecule has 0 spiro atoms. The summed E-state index contributed by atoms with van der Waals surface area (Å²) in [6, 6.07) is 6.01. The van der Waals surface area contributed by atoms with Crippen molar-refractivity contribution in [2.45, 2.75) is 44.2 Å². The van der Waals surface area contributed by atoms with Gasteiger partial charge >= 0.3 is 0 Å². The first-order chi connectivity index (χ1) is 17.4. The molecule has 0 unspecified atom stereocenters. The second-order valence-corrected chi connectivity index (χ2v) is 9.56. The number of aromatic nitrogens is 2. The molecule has 36 heavy (non-hydrogen) atoms. The topological polar surface area (TPSA) is 90.5 Å². The fourth-order valence-electron chi connectivity index (χ4n) is 5.17. The van der Waals surface area contributed by atoms with Crippen LogP contribution in [0.2, 0.25) is 0 Å². The smallest absolute Gasteiger partial charge is 0.234 e. The van der Waals surface area contributed by atoms with Crippen molar-refractivity contribution in [3.63, 3.8) is 0 Å². The maximum Gasteiger partial charge on any atom is 0.234 e. The molecule has 3 aromatic rings. The number of hydrogen-bond acceptors (Lipinski definition) is 5. The zero-order valence-electron chi connectivity index (χ0n) is 20.2. The summed E-state index contributed by atoms with van der Waals surface area (Å²) in [6.45, 7) is 1.66. The Kier molecular flexibility index (Phi) is 7.02. The van der Waals surface area contributed by atoms with Crippen molar-refractivity contribution in [1.82, 2.24) is 20.2 Å². The van der Waals surface area contributed by atoms with Crippen LogP contribution in [0.15, 0.2) is 36.5 Å². The lowest BCUT2D eigenvalue weighted by Gasteiger charge is -2.29. The summed E-state index contributed by atoms with van der Waals surface area (Å²) >= 11 is 0. The summed E-state index contributed by atoms with van der Waals surface area (Å²) in [5.41, 5.74) is 2.96. The number of rotatable bonds is 6. The van der Waals surface area contributed by atoms with Crippen molar-refractivity contribution < 1.29 is 23.4 Å². The van der Waals surface area contributed by atoms with E-state index in [4.69, 9.17) is 4.74 Å². The Balaban J connectivity index is 1.31. The number of pyridine rings is 1. The van der Waals surface area contributed by atoms with Crippen molar-refractivity contribution in [2.75, 3.05) is 26.7 Å². The molecule has 190 valence electrons. The van der Waals surface area contributed by atoms with E-state index in [1.807, 2.05) is 6.07 Å². The third-order valence-corrected chi connectivity index (χ3v) is 7.11. The first kappa shape index (κ1) is 24.4. The number of nitrogens with one attached hydrogen (secondary N) is 2. The maximum absolute atomic E-state index is 14.9. The van der Waals surface area contributed by atoms with E-state index >= 15 is 0 Å². The van der Waals surface area contributed by atoms with Gasteiger partial charge < -0.3 is 20.1 Å². The van der Waals surface area contributed by atoms with Crippen LogP contribution in [0.3, 0.4) is 0 Å². The van der Waals surface area contributed by atoms with Gasteiger partial charge in [-0.1, -0.05) is 6.08 Å². The average Bonchev–Trinajstić information content (AvgIpc) is 3.30. The third kappa shape index (κ3) is 5.12. The van der Waals surface area contributed by atoms with Crippen LogP contribution in [0.4, 0.5) is 8.78 Å². The highest BCUT2D eigenvalue weighted by Crippen LogP contribution is 2.38. The first-order valence-electron chi connectivity index (χ1n) is 12.3. The highest BCUT2D eigenvalue weighted by Gasteiger charge is 2.23. The predicted octanol–water partition coefficient (Wildman–Crippen LogP) is 4.03. The maximum atomic E-state index is 14.9. The van der Waals surface area contributed by atoms with Crippen molar-refractivity contribution in [2.24, 2.45) is 0 Å². The molecule has 2 aliphatic rings. The number of halogens is 2. The molecule has 1 fully saturated rings. The highest BCUT2D eigenvalue weighted by atomic mass is 19.1. The van der Waals surface area contributed by atoms with Crippen LogP contribution >= 0.6 is 0 Å². The summed E-state index contributed by atoms with van der Waals surface area (Å²) in [7, 11) is 1.47. The largest absolute Gasteiger partial charge is 0.496 e. The number of nitrogens with zero attached hydrogens (tertiary/aromatic N) is 2. The molecule has 1 aliphatic carbocycles. The molecule has 3 N–H and O–H groups in total. The number of H-pyrrole nitrogens is 1. The van der Waals surface area contributed by atoms with Crippen LogP contribution in [0.25, 0.3) is 27.7 Å². The molecule has 0 atom stereocenters. The molecule has 5 rings (SSSR count). The molecule has 2 aromatic heterocycles. The van der Waals surface area contributed by atoms with Gasteiger partial charge in [0.25, 0.3) is 0 Å². The fourth-order valence-corrected chi connectivity index (χ4v) is 5.17. The van der Waals surface area contributed by atoms with Crippen LogP contribution in [-0.2, 0) is 4.79 Å². The van der Waals surface area contributed by atoms with E-state index in [-0.39, 0.29) is 23.6 Å². The Morgan fingerprint density at radius 1 is 1.25 bits per heavy atom. The molecule has 1 aliphatic heterocycles. The van der Waals surface area contributed by atoms with Crippen molar-refractivity contribution in [3.8, 4) is 16.9 Å². The Hall–Kier alpha value is -3.30. The summed E-state index contributed by atoms with van der Waals surface area (Å²) in [6.07, 6.45) is 6.77. The van der Waals surface area contributed by atoms with Crippen LogP contribution in [-0.4, -0.2) is 64.8 Å². The van der Waals surface area contributed by atoms with E-state index in [1.165, 1.54) is 25.3 Å². The van der Waals surface area contributed by atoms with Gasteiger partial charge in [0.05, 0.1) is 26.0 Å². The normalized spacial score (nSPS) is 20.8. The molecule has 1 saturated carbocycles. The number of amides is 1. The Morgan fingerprint density at radius 3 is 2.78 bits per heavy atom. The average molecular weight is 497 g/mol. The lowest BCUT2D eigenvalue weighted by Crippen LogP contribution is -2.44. The van der Waals surface area contributed by atoms with Crippen molar-refractivity contribution in [3.05, 3.63) is 53.9 Å². The molecular weight excluding hydrogens is 466 g/mol. The van der Waals surface area contributed by atoms with E-state index in [2.05, 4.69) is 26.3 Å². The number of methoxy groups -OCH3 is 1. The summed E-state index contributed by atoms with van der Waals surface area (Å²) in [5.74, 6) is -0.654. The minimum Gasteiger partial charge on any atom is -0.496 e. The molecule has 0 saturated heterocycles. The molecule has 1 amide bonds. The van der Waals surface area contributed by atoms with Gasteiger partial charge in [-0.05, 0) is 61.9 Å². The van der Waals surface area contributed by atoms with Gasteiger partial charge in [-0.25, -0.2) is 13.8 Å². The number of aromatic amines is 1. The van der Waals surface area contributed by atoms with Crippen molar-refractivity contribution in [1.29, 1.82) is 0 Å². The molecular formula is C27H30F2N4O3. The Bertz CT molecular complexity index is 1300. The third-order valence-electron chi connectivity index (χ3n) is 7.11. The molecule has 9 heteroatoms. The van der Waals surface area contributed by atoms with Gasteiger partial charge in [0.15, 0.2) is 0 Å². The molecule has 3 heterocycles. The number of aliphatic hydroxyl groups excluding tert-OH is 1. The minimum absolute atomic E-state index is 0.00668. The van der Waals surface area contributed by atoms with Crippen LogP contribution in [0, 0.1) is 11.6 Å². The number of carbonyl (C=O) groups excluding carboxylic acids is 1. The number of aliphatic hydroxyl groups is 1. The van der Waals surface area contributed by atoms with E-state index in [1.54, 1.807) is 0 Å². The number of fused-ring (bicyclic) bond motifs is 1. The van der Waals surface area contributed by atoms with Gasteiger partial charge in [0.2, 0.25) is 5.91 Å². The van der Waals surface area contributed by atoms with Crippen LogP contribution < -0.4 is 10.1 Å². The first-order valence-corrected chi connectivity index (χ1v) is 12.3. The monoisotopic (exact) mass is 496 g/mol. The van der Waals surface area contributed by atoms with Gasteiger partial charge in [0, 0.05) is 41.3 Å². The minimum atomic E-state index is -0.556. The van der Waals surface area contributed by atoms with Crippen molar-refractivity contribution >= 4 is 22.5 Å². The standard InChI is InChI=1S/C27H30F2N4O3/c1-36-24-7-2-17(28)12-20(24)26-21-13-23(32-27(21)30-14-22(26)29)16-8-10-33(11-9-16)15-25(35)31-18-3-5-19(34)6-4-18/h2,7-8,12-14,18-19,34H,3-6,9-11,15H2,1H3,(H,30,32)(H,31,35). The second kappa shape index (κ2) is 10.4. The van der Waals surface area contributed by atoms with Gasteiger partial charge in [-0.3, -0.25) is 9.69 Å². The van der Waals surface area contributed by atoms with Crippen LogP contribution in [0.1, 0.15) is 37.8 Å². The number of ether oxygens (including phenoxy) is 1. The molecule has 7 nitrogen and oxygen atoms in total. The lowest BCUT2D eigenvalue weighted by molar-refractivity contribution is -0.123. The van der Waals surface area contributed by atoms with Gasteiger partial charge in [-0.15, -0.1) is 0 Å². The Labute approximate surface area is 208 Å². The van der Waals surface area contributed by atoms with Gasteiger partial charge in [-0.2, -0.15) is 0 Å². The van der Waals surface area contributed by atoms with Crippen LogP contribution in [0.5, 0.6) is 5.75 Å². The predicted molar refractivity (Wildman–Crippen MR) is 133 cm³/mol. The SMILES string of the molecule is COc1ccc(F)cc1-c1c(F)cnc2[nH]c(C3=CCN(CC(=O)NC4CCC(O)CC4)CC3)cc12. The second-order valence-electron chi connectivity index (χ2n) is 9.56. The number of benzene rings is 1.